The van der Waals surface area contributed by atoms with Crippen molar-refractivity contribution in [3.8, 4) is 0 Å². The van der Waals surface area contributed by atoms with Crippen LogP contribution < -0.4 is 21.3 Å². The molecule has 1 unspecified atom stereocenters. The monoisotopic (exact) mass is 980 g/mol. The van der Waals surface area contributed by atoms with Crippen molar-refractivity contribution in [3.05, 3.63) is 144 Å². The van der Waals surface area contributed by atoms with E-state index >= 15 is 0 Å². The lowest BCUT2D eigenvalue weighted by molar-refractivity contribution is -0.150. The minimum Gasteiger partial charge on any atom is -0.343 e. The summed E-state index contributed by atoms with van der Waals surface area (Å²) in [5, 5.41) is 9.74. The number of carbonyl (C=O) groups is 12. The van der Waals surface area contributed by atoms with Crippen molar-refractivity contribution in [1.29, 1.82) is 0 Å². The Morgan fingerprint density at radius 3 is 0.583 bits per heavy atom. The Hall–Kier alpha value is -7.88. The van der Waals surface area contributed by atoms with Crippen molar-refractivity contribution in [2.24, 2.45) is 23.7 Å². The van der Waals surface area contributed by atoms with Gasteiger partial charge in [-0.25, -0.2) is 0 Å². The molecule has 72 heavy (non-hydrogen) atoms. The Morgan fingerprint density at radius 1 is 0.278 bits per heavy atom. The van der Waals surface area contributed by atoms with E-state index in [9.17, 15) is 57.5 Å². The van der Waals surface area contributed by atoms with Crippen LogP contribution in [-0.4, -0.2) is 92.1 Å². The van der Waals surface area contributed by atoms with Crippen molar-refractivity contribution >= 4 is 69.9 Å². The van der Waals surface area contributed by atoms with E-state index in [4.69, 9.17) is 0 Å². The lowest BCUT2D eigenvalue weighted by Crippen LogP contribution is -2.62. The fourth-order valence-corrected chi connectivity index (χ4v) is 8.29. The first-order chi connectivity index (χ1) is 33.7. The van der Waals surface area contributed by atoms with Gasteiger partial charge in [-0.2, -0.15) is 0 Å². The molecule has 0 saturated carbocycles. The summed E-state index contributed by atoms with van der Waals surface area (Å²) < 4.78 is 0. The second-order valence-electron chi connectivity index (χ2n) is 20.2. The Balaban J connectivity index is 1.65. The fraction of sp³-hybridized carbons (Fsp3) is 0.357. The average molecular weight is 981 g/mol. The number of amides is 4. The molecule has 0 aliphatic carbocycles. The summed E-state index contributed by atoms with van der Waals surface area (Å²) in [4.78, 5) is 173. The van der Waals surface area contributed by atoms with Gasteiger partial charge in [0.2, 0.25) is 69.9 Å². The van der Waals surface area contributed by atoms with Crippen LogP contribution in [0, 0.1) is 23.7 Å². The van der Waals surface area contributed by atoms with Gasteiger partial charge in [0.15, 0.2) is 0 Å². The van der Waals surface area contributed by atoms with Crippen LogP contribution in [-0.2, 0) is 83.2 Å². The molecule has 0 aromatic heterocycles. The van der Waals surface area contributed by atoms with Gasteiger partial charge in [0.25, 0.3) is 0 Å². The van der Waals surface area contributed by atoms with Crippen LogP contribution in [0.3, 0.4) is 0 Å². The van der Waals surface area contributed by atoms with Crippen molar-refractivity contribution < 1.29 is 57.5 Å². The van der Waals surface area contributed by atoms with Crippen LogP contribution in [0.5, 0.6) is 0 Å². The van der Waals surface area contributed by atoms with Gasteiger partial charge >= 0.3 is 0 Å². The van der Waals surface area contributed by atoms with E-state index in [1.165, 1.54) is 55.4 Å². The second kappa shape index (κ2) is 22.5. The summed E-state index contributed by atoms with van der Waals surface area (Å²) >= 11 is 0. The summed E-state index contributed by atoms with van der Waals surface area (Å²) in [6.07, 6.45) is -1.57. The largest absolute Gasteiger partial charge is 0.343 e. The van der Waals surface area contributed by atoms with Gasteiger partial charge in [-0.3, -0.25) is 57.5 Å². The SMILES string of the molecule is CC1(C)NC(=O)[C@H](Cc2ccccc2)C(=O)C(=O)C(C)(C)NC(=O)[C@@H](Cc2ccccc2)C(=O)C(=O)C(C)(C)NC(=O)[C@@H](Cc2ccccc2)C(=O)C(=O)C(C)(C)NC(=O)C(Cc2ccccc2)C(=O)C1=O. The van der Waals surface area contributed by atoms with Crippen LogP contribution >= 0.6 is 0 Å². The number of benzene rings is 4. The molecule has 0 spiro atoms. The van der Waals surface area contributed by atoms with E-state index in [1.54, 1.807) is 121 Å². The molecule has 16 nitrogen and oxygen atoms in total. The highest BCUT2D eigenvalue weighted by molar-refractivity contribution is 6.48. The smallest absolute Gasteiger partial charge is 0.232 e. The zero-order valence-corrected chi connectivity index (χ0v) is 41.6. The number of carbonyl (C=O) groups excluding carboxylic acids is 12. The predicted octanol–water partition coefficient (Wildman–Crippen LogP) is 3.57. The van der Waals surface area contributed by atoms with Crippen LogP contribution in [0.2, 0.25) is 0 Å². The average Bonchev–Trinajstić information content (AvgIpc) is 3.34. The van der Waals surface area contributed by atoms with Gasteiger partial charge in [-0.1, -0.05) is 121 Å². The van der Waals surface area contributed by atoms with Crippen molar-refractivity contribution in [2.75, 3.05) is 0 Å². The van der Waals surface area contributed by atoms with E-state index in [0.717, 1.165) is 0 Å². The molecule has 4 aromatic carbocycles. The number of hydrogen-bond donors (Lipinski definition) is 4. The Labute approximate surface area is 417 Å². The van der Waals surface area contributed by atoms with Gasteiger partial charge in [0.1, 0.15) is 45.8 Å². The topological polar surface area (TPSA) is 253 Å². The molecule has 16 heteroatoms. The molecule has 0 radical (unpaired) electrons. The van der Waals surface area contributed by atoms with Crippen LogP contribution in [0.25, 0.3) is 0 Å². The zero-order valence-electron chi connectivity index (χ0n) is 41.6. The van der Waals surface area contributed by atoms with Crippen LogP contribution in [0.15, 0.2) is 121 Å². The van der Waals surface area contributed by atoms with E-state index < -0.39 is 141 Å². The highest BCUT2D eigenvalue weighted by Gasteiger charge is 2.49. The second-order valence-corrected chi connectivity index (χ2v) is 20.2. The number of Topliss-reactive ketones (excluding diaryl/α,β-unsaturated/α-hetero) is 8. The minimum atomic E-state index is -2.15. The lowest BCUT2D eigenvalue weighted by atomic mass is 9.81. The third kappa shape index (κ3) is 13.3. The van der Waals surface area contributed by atoms with Crippen LogP contribution in [0.4, 0.5) is 0 Å². The minimum absolute atomic E-state index is 0.392. The highest BCUT2D eigenvalue weighted by Crippen LogP contribution is 2.24. The van der Waals surface area contributed by atoms with E-state index in [2.05, 4.69) is 21.3 Å². The zero-order chi connectivity index (χ0) is 53.3. The maximum atomic E-state index is 14.4. The number of rotatable bonds is 8. The Bertz CT molecular complexity index is 2400. The summed E-state index contributed by atoms with van der Waals surface area (Å²) in [5.41, 5.74) is -6.94. The van der Waals surface area contributed by atoms with Crippen molar-refractivity contribution in [3.63, 3.8) is 0 Å². The van der Waals surface area contributed by atoms with Crippen molar-refractivity contribution in [2.45, 2.75) is 103 Å². The van der Waals surface area contributed by atoms with E-state index in [-0.39, 0.29) is 0 Å². The fourth-order valence-electron chi connectivity index (χ4n) is 8.29. The maximum absolute atomic E-state index is 14.4. The molecule has 1 aliphatic rings. The normalized spacial score (nSPS) is 22.8. The number of ketones is 8. The van der Waals surface area contributed by atoms with Gasteiger partial charge in [0.05, 0.1) is 0 Å². The number of hydrogen-bond acceptors (Lipinski definition) is 12. The van der Waals surface area contributed by atoms with Gasteiger partial charge in [-0.15, -0.1) is 0 Å². The molecule has 4 aromatic rings. The molecule has 4 amide bonds. The van der Waals surface area contributed by atoms with E-state index in [1.807, 2.05) is 0 Å². The van der Waals surface area contributed by atoms with Gasteiger partial charge in [0, 0.05) is 0 Å². The molecule has 0 bridgehead atoms. The number of nitrogens with one attached hydrogen (secondary N) is 4. The van der Waals surface area contributed by atoms with Crippen LogP contribution in [0.1, 0.15) is 77.6 Å². The Kier molecular flexibility index (Phi) is 17.2. The molecule has 1 aliphatic heterocycles. The quantitative estimate of drug-likeness (QED) is 0.146. The summed E-state index contributed by atoms with van der Waals surface area (Å²) in [6, 6.07) is 32.4. The first-order valence-electron chi connectivity index (χ1n) is 23.4. The van der Waals surface area contributed by atoms with Crippen molar-refractivity contribution in [1.82, 2.24) is 21.3 Å². The molecular formula is C56H60N4O12. The standard InChI is InChI=1S/C56H60N4O12/c1-53(2)45(65)41(61)37(29-33-21-13-9-14-22-33)50(70)58-55(5,6)47(67)43(63)39(31-35-25-17-11-18-26-35)52(72)60-56(7,8)48(68)44(64)40(32-36-27-19-12-20-28-36)51(71)59-54(3,4)46(66)42(62)38(49(69)57-53)30-34-23-15-10-16-24-34/h9-28,37-40H,29-32H2,1-8H3,(H,57,69)(H,58,70)(H,59,71)(H,60,72)/t37-,38-,39+,40?/m0/s1. The predicted molar refractivity (Wildman–Crippen MR) is 263 cm³/mol. The van der Waals surface area contributed by atoms with Gasteiger partial charge < -0.3 is 21.3 Å². The molecule has 4 N–H and O–H groups in total. The molecule has 1 saturated heterocycles. The molecule has 1 fully saturated rings. The third-order valence-corrected chi connectivity index (χ3v) is 12.6. The lowest BCUT2D eigenvalue weighted by Gasteiger charge is -2.32. The molecule has 376 valence electrons. The van der Waals surface area contributed by atoms with E-state index in [0.29, 0.717) is 22.3 Å². The third-order valence-electron chi connectivity index (χ3n) is 12.6. The molecular weight excluding hydrogens is 921 g/mol. The molecule has 4 atom stereocenters. The summed E-state index contributed by atoms with van der Waals surface area (Å²) in [6.45, 7) is 9.33. The first-order valence-corrected chi connectivity index (χ1v) is 23.4. The molecule has 1 heterocycles. The van der Waals surface area contributed by atoms with Gasteiger partial charge in [-0.05, 0) is 103 Å². The summed E-state index contributed by atoms with van der Waals surface area (Å²) in [7, 11) is 0. The summed E-state index contributed by atoms with van der Waals surface area (Å²) in [5.74, 6) is -22.5. The highest BCUT2D eigenvalue weighted by atomic mass is 16.2. The Morgan fingerprint density at radius 2 is 0.431 bits per heavy atom. The first kappa shape index (κ1) is 55.1. The molecule has 5 rings (SSSR count). The maximum Gasteiger partial charge on any atom is 0.232 e.